The number of nitrogens with zero attached hydrogens (tertiary/aromatic N) is 2. The van der Waals surface area contributed by atoms with Crippen molar-refractivity contribution in [3.05, 3.63) is 193 Å². The minimum absolute atomic E-state index is 0.870. The number of furan rings is 1. The van der Waals surface area contributed by atoms with Crippen LogP contribution in [-0.4, -0.2) is 4.57 Å². The zero-order valence-electron chi connectivity index (χ0n) is 29.6. The van der Waals surface area contributed by atoms with Gasteiger partial charge in [-0.05, 0) is 108 Å². The monoisotopic (exact) mass is 680 g/mol. The van der Waals surface area contributed by atoms with Crippen molar-refractivity contribution in [3.63, 3.8) is 0 Å². The van der Waals surface area contributed by atoms with E-state index >= 15 is 0 Å². The van der Waals surface area contributed by atoms with Gasteiger partial charge in [0.1, 0.15) is 11.2 Å². The predicted molar refractivity (Wildman–Crippen MR) is 223 cm³/mol. The summed E-state index contributed by atoms with van der Waals surface area (Å²) < 4.78 is 9.24. The number of aryl methyl sites for hydroxylation is 2. The summed E-state index contributed by atoms with van der Waals surface area (Å²) in [5, 5.41) is 4.68. The van der Waals surface area contributed by atoms with E-state index in [4.69, 9.17) is 4.42 Å². The maximum Gasteiger partial charge on any atom is 0.145 e. The van der Waals surface area contributed by atoms with E-state index < -0.39 is 0 Å². The summed E-state index contributed by atoms with van der Waals surface area (Å²) in [4.78, 5) is 2.39. The lowest BCUT2D eigenvalue weighted by Crippen LogP contribution is -2.11. The van der Waals surface area contributed by atoms with Gasteiger partial charge in [-0.2, -0.15) is 0 Å². The highest BCUT2D eigenvalue weighted by molar-refractivity contribution is 6.17. The molecule has 0 radical (unpaired) electrons. The first kappa shape index (κ1) is 30.9. The quantitative estimate of drug-likeness (QED) is 0.174. The van der Waals surface area contributed by atoms with E-state index in [0.717, 1.165) is 55.8 Å². The molecule has 3 nitrogen and oxygen atoms in total. The number of fused-ring (bicyclic) bond motifs is 6. The number of para-hydroxylation sites is 4. The summed E-state index contributed by atoms with van der Waals surface area (Å²) in [5.41, 5.74) is 15.7. The van der Waals surface area contributed by atoms with Gasteiger partial charge in [0.2, 0.25) is 0 Å². The third kappa shape index (κ3) is 5.04. The first-order valence-corrected chi connectivity index (χ1v) is 18.2. The van der Waals surface area contributed by atoms with E-state index in [1.165, 1.54) is 44.1 Å². The van der Waals surface area contributed by atoms with Crippen LogP contribution < -0.4 is 4.90 Å². The van der Waals surface area contributed by atoms with E-state index in [2.05, 4.69) is 205 Å². The largest absolute Gasteiger partial charge is 0.455 e. The van der Waals surface area contributed by atoms with Crippen LogP contribution in [0.15, 0.2) is 186 Å². The van der Waals surface area contributed by atoms with E-state index in [-0.39, 0.29) is 0 Å². The van der Waals surface area contributed by atoms with Gasteiger partial charge in [0.25, 0.3) is 0 Å². The van der Waals surface area contributed by atoms with Crippen LogP contribution in [0.25, 0.3) is 71.7 Å². The van der Waals surface area contributed by atoms with Gasteiger partial charge < -0.3 is 13.9 Å². The Hall–Kier alpha value is -6.84. The fraction of sp³-hybridized carbons (Fsp3) is 0.0400. The molecule has 0 N–H and O–H groups in total. The molecular weight excluding hydrogens is 645 g/mol. The Labute approximate surface area is 308 Å². The SMILES string of the molecule is Cc1cc(N(c2ccccc2)c2ccc(-c3cccc(-n4c5ccccc5c5ccccc54)c3)c3oc4ccccc4c23)cc(C)c1-c1ccccc1. The van der Waals surface area contributed by atoms with Crippen LogP contribution in [0.2, 0.25) is 0 Å². The Balaban J connectivity index is 1.20. The fourth-order valence-corrected chi connectivity index (χ4v) is 8.37. The summed E-state index contributed by atoms with van der Waals surface area (Å²) in [6.07, 6.45) is 0. The molecule has 0 aliphatic heterocycles. The maximum absolute atomic E-state index is 6.86. The highest BCUT2D eigenvalue weighted by atomic mass is 16.3. The zero-order valence-corrected chi connectivity index (χ0v) is 29.6. The molecule has 8 aromatic carbocycles. The van der Waals surface area contributed by atoms with Crippen LogP contribution in [0.5, 0.6) is 0 Å². The zero-order chi connectivity index (χ0) is 35.5. The average Bonchev–Trinajstić information content (AvgIpc) is 3.76. The van der Waals surface area contributed by atoms with Gasteiger partial charge in [-0.25, -0.2) is 0 Å². The molecule has 2 aromatic heterocycles. The third-order valence-corrected chi connectivity index (χ3v) is 10.6. The Bertz CT molecular complexity index is 2890. The summed E-state index contributed by atoms with van der Waals surface area (Å²) in [5.74, 6) is 0. The van der Waals surface area contributed by atoms with E-state index in [9.17, 15) is 0 Å². The number of benzene rings is 8. The normalized spacial score (nSPS) is 11.6. The van der Waals surface area contributed by atoms with Crippen molar-refractivity contribution >= 4 is 60.8 Å². The van der Waals surface area contributed by atoms with Crippen molar-refractivity contribution in [2.24, 2.45) is 0 Å². The first-order valence-electron chi connectivity index (χ1n) is 18.2. The smallest absolute Gasteiger partial charge is 0.145 e. The maximum atomic E-state index is 6.86. The molecule has 0 atom stereocenters. The lowest BCUT2D eigenvalue weighted by Gasteiger charge is -2.28. The second-order valence-corrected chi connectivity index (χ2v) is 13.8. The van der Waals surface area contributed by atoms with Gasteiger partial charge in [-0.1, -0.05) is 115 Å². The summed E-state index contributed by atoms with van der Waals surface area (Å²) >= 11 is 0. The first-order chi connectivity index (χ1) is 26.1. The van der Waals surface area contributed by atoms with Crippen LogP contribution in [0.1, 0.15) is 11.1 Å². The third-order valence-electron chi connectivity index (χ3n) is 10.6. The Morgan fingerprint density at radius 2 is 1.06 bits per heavy atom. The minimum atomic E-state index is 0.870. The lowest BCUT2D eigenvalue weighted by molar-refractivity contribution is 0.670. The van der Waals surface area contributed by atoms with Crippen molar-refractivity contribution in [1.29, 1.82) is 0 Å². The molecule has 2 heterocycles. The summed E-state index contributed by atoms with van der Waals surface area (Å²) in [7, 11) is 0. The van der Waals surface area contributed by atoms with Gasteiger partial charge in [-0.15, -0.1) is 0 Å². The molecule has 0 fully saturated rings. The van der Waals surface area contributed by atoms with Crippen molar-refractivity contribution < 1.29 is 4.42 Å². The standard InChI is InChI=1S/C50H36N2O/c1-33-30-39(31-34(2)48(33)35-16-5-3-6-17-35)51(37-19-7-4-8-20-37)46-29-28-40(50-49(46)43-24-11-14-27-47(43)53-50)36-18-15-21-38(32-36)52-44-25-12-9-22-41(44)42-23-10-13-26-45(42)52/h3-32H,1-2H3. The Morgan fingerprint density at radius 1 is 0.472 bits per heavy atom. The molecule has 0 saturated carbocycles. The molecule has 0 aliphatic rings. The molecule has 10 aromatic rings. The molecule has 0 spiro atoms. The number of rotatable bonds is 6. The Kier molecular flexibility index (Phi) is 7.26. The second-order valence-electron chi connectivity index (χ2n) is 13.8. The molecule has 0 unspecified atom stereocenters. The number of hydrogen-bond acceptors (Lipinski definition) is 2. The van der Waals surface area contributed by atoms with Crippen LogP contribution in [-0.2, 0) is 0 Å². The minimum Gasteiger partial charge on any atom is -0.455 e. The van der Waals surface area contributed by atoms with Gasteiger partial charge >= 0.3 is 0 Å². The van der Waals surface area contributed by atoms with Crippen LogP contribution in [0.4, 0.5) is 17.1 Å². The molecule has 53 heavy (non-hydrogen) atoms. The van der Waals surface area contributed by atoms with Gasteiger partial charge in [0.05, 0.1) is 22.1 Å². The topological polar surface area (TPSA) is 21.3 Å². The number of hydrogen-bond donors (Lipinski definition) is 0. The summed E-state index contributed by atoms with van der Waals surface area (Å²) in [6.45, 7) is 4.44. The van der Waals surface area contributed by atoms with Crippen molar-refractivity contribution in [2.75, 3.05) is 4.90 Å². The van der Waals surface area contributed by atoms with Crippen LogP contribution in [0, 0.1) is 13.8 Å². The lowest BCUT2D eigenvalue weighted by atomic mass is 9.94. The van der Waals surface area contributed by atoms with E-state index in [0.29, 0.717) is 0 Å². The molecule has 252 valence electrons. The van der Waals surface area contributed by atoms with Gasteiger partial charge in [0.15, 0.2) is 0 Å². The van der Waals surface area contributed by atoms with E-state index in [1.54, 1.807) is 0 Å². The van der Waals surface area contributed by atoms with Crippen LogP contribution in [0.3, 0.4) is 0 Å². The number of aromatic nitrogens is 1. The van der Waals surface area contributed by atoms with Gasteiger partial charge in [0, 0.05) is 38.8 Å². The molecule has 0 saturated heterocycles. The molecule has 10 rings (SSSR count). The Morgan fingerprint density at radius 3 is 1.75 bits per heavy atom. The molecule has 0 amide bonds. The highest BCUT2D eigenvalue weighted by Gasteiger charge is 2.23. The number of anilines is 3. The fourth-order valence-electron chi connectivity index (χ4n) is 8.37. The summed E-state index contributed by atoms with van der Waals surface area (Å²) in [6, 6.07) is 65.1. The van der Waals surface area contributed by atoms with Gasteiger partial charge in [-0.3, -0.25) is 0 Å². The molecule has 3 heteroatoms. The van der Waals surface area contributed by atoms with Crippen molar-refractivity contribution in [3.8, 4) is 27.9 Å². The predicted octanol–water partition coefficient (Wildman–Crippen LogP) is 14.1. The highest BCUT2D eigenvalue weighted by Crippen LogP contribution is 2.47. The molecule has 0 aliphatic carbocycles. The van der Waals surface area contributed by atoms with E-state index in [1.807, 2.05) is 0 Å². The molecular formula is C50H36N2O. The molecule has 0 bridgehead atoms. The van der Waals surface area contributed by atoms with Crippen molar-refractivity contribution in [1.82, 2.24) is 4.57 Å². The van der Waals surface area contributed by atoms with Crippen molar-refractivity contribution in [2.45, 2.75) is 13.8 Å². The second kappa shape index (κ2) is 12.4. The average molecular weight is 681 g/mol. The van der Waals surface area contributed by atoms with Crippen LogP contribution >= 0.6 is 0 Å².